The molecule has 0 aliphatic carbocycles. The summed E-state index contributed by atoms with van der Waals surface area (Å²) >= 11 is 0. The van der Waals surface area contributed by atoms with Crippen molar-refractivity contribution in [2.75, 3.05) is 0 Å². The molecule has 1 heterocycles. The predicted octanol–water partition coefficient (Wildman–Crippen LogP) is 5.03. The molecule has 0 aliphatic rings. The summed E-state index contributed by atoms with van der Waals surface area (Å²) in [5.41, 5.74) is 1.04. The van der Waals surface area contributed by atoms with Crippen molar-refractivity contribution in [2.24, 2.45) is 0 Å². The molecule has 0 bridgehead atoms. The second-order valence-electron chi connectivity index (χ2n) is 5.12. The first-order valence-electron chi connectivity index (χ1n) is 7.42. The smallest absolute Gasteiger partial charge is 0.122 e. The normalized spacial score (nSPS) is 12.6. The van der Waals surface area contributed by atoms with Crippen LogP contribution in [0.3, 0.4) is 0 Å². The summed E-state index contributed by atoms with van der Waals surface area (Å²) in [5.74, 6) is 0.900. The fourth-order valence-electron chi connectivity index (χ4n) is 2.44. The minimum Gasteiger partial charge on any atom is -0.508 e. The standard InChI is InChI=1S/C16H27NO/c1-3-5-7-8-10-14(9-6-4-2)15-13-17-12-11-16(15)18/h11-14H,3-10H2,1-2H3,(H,17,18). The Balaban J connectivity index is 2.57. The van der Waals surface area contributed by atoms with Gasteiger partial charge in [0, 0.05) is 18.0 Å². The summed E-state index contributed by atoms with van der Waals surface area (Å²) in [6.45, 7) is 4.46. The van der Waals surface area contributed by atoms with Gasteiger partial charge >= 0.3 is 0 Å². The van der Waals surface area contributed by atoms with E-state index in [1.807, 2.05) is 6.20 Å². The maximum Gasteiger partial charge on any atom is 0.122 e. The van der Waals surface area contributed by atoms with Gasteiger partial charge in [-0.2, -0.15) is 0 Å². The van der Waals surface area contributed by atoms with Crippen LogP contribution in [0.5, 0.6) is 5.75 Å². The van der Waals surface area contributed by atoms with Crippen molar-refractivity contribution >= 4 is 0 Å². The largest absolute Gasteiger partial charge is 0.508 e. The van der Waals surface area contributed by atoms with Crippen molar-refractivity contribution in [1.29, 1.82) is 0 Å². The van der Waals surface area contributed by atoms with E-state index in [9.17, 15) is 5.11 Å². The lowest BCUT2D eigenvalue weighted by molar-refractivity contribution is 0.441. The molecule has 0 aromatic carbocycles. The lowest BCUT2D eigenvalue weighted by atomic mass is 9.89. The maximum absolute atomic E-state index is 9.94. The zero-order valence-electron chi connectivity index (χ0n) is 11.9. The molecule has 0 aliphatic heterocycles. The van der Waals surface area contributed by atoms with Gasteiger partial charge in [0.15, 0.2) is 0 Å². The van der Waals surface area contributed by atoms with Crippen LogP contribution in [0.2, 0.25) is 0 Å². The Bertz CT molecular complexity index is 325. The Labute approximate surface area is 111 Å². The molecule has 0 spiro atoms. The Kier molecular flexibility index (Phi) is 7.47. The highest BCUT2D eigenvalue weighted by Gasteiger charge is 2.14. The van der Waals surface area contributed by atoms with Gasteiger partial charge in [-0.05, 0) is 24.8 Å². The third-order valence-corrected chi connectivity index (χ3v) is 3.58. The van der Waals surface area contributed by atoms with Gasteiger partial charge in [0.2, 0.25) is 0 Å². The predicted molar refractivity (Wildman–Crippen MR) is 76.9 cm³/mol. The molecule has 1 unspecified atom stereocenters. The molecule has 1 rings (SSSR count). The van der Waals surface area contributed by atoms with Gasteiger partial charge in [0.1, 0.15) is 5.75 Å². The second-order valence-corrected chi connectivity index (χ2v) is 5.12. The van der Waals surface area contributed by atoms with Gasteiger partial charge in [-0.25, -0.2) is 0 Å². The third-order valence-electron chi connectivity index (χ3n) is 3.58. The van der Waals surface area contributed by atoms with Crippen molar-refractivity contribution in [3.05, 3.63) is 24.0 Å². The van der Waals surface area contributed by atoms with Crippen molar-refractivity contribution in [3.63, 3.8) is 0 Å². The summed E-state index contributed by atoms with van der Waals surface area (Å²) in [5, 5.41) is 9.94. The summed E-state index contributed by atoms with van der Waals surface area (Å²) < 4.78 is 0. The Morgan fingerprint density at radius 3 is 2.44 bits per heavy atom. The molecule has 18 heavy (non-hydrogen) atoms. The summed E-state index contributed by atoms with van der Waals surface area (Å²) in [7, 11) is 0. The number of rotatable bonds is 9. The van der Waals surface area contributed by atoms with E-state index in [1.54, 1.807) is 12.3 Å². The molecule has 102 valence electrons. The summed E-state index contributed by atoms with van der Waals surface area (Å²) in [6.07, 6.45) is 13.5. The molecule has 0 saturated heterocycles. The number of aromatic nitrogens is 1. The minimum atomic E-state index is 0.418. The first-order valence-corrected chi connectivity index (χ1v) is 7.42. The minimum absolute atomic E-state index is 0.418. The Morgan fingerprint density at radius 2 is 1.78 bits per heavy atom. The number of hydrogen-bond acceptors (Lipinski definition) is 2. The molecule has 2 heteroatoms. The van der Waals surface area contributed by atoms with E-state index in [2.05, 4.69) is 18.8 Å². The lowest BCUT2D eigenvalue weighted by Crippen LogP contribution is -2.00. The fourth-order valence-corrected chi connectivity index (χ4v) is 2.44. The van der Waals surface area contributed by atoms with Crippen LogP contribution in [0.15, 0.2) is 18.5 Å². The van der Waals surface area contributed by atoms with Crippen molar-refractivity contribution in [1.82, 2.24) is 4.98 Å². The Morgan fingerprint density at radius 1 is 1.06 bits per heavy atom. The van der Waals surface area contributed by atoms with Crippen molar-refractivity contribution in [2.45, 2.75) is 71.1 Å². The molecule has 2 nitrogen and oxygen atoms in total. The molecule has 0 radical (unpaired) electrons. The molecule has 1 N–H and O–H groups in total. The zero-order chi connectivity index (χ0) is 13.2. The molecule has 1 aromatic heterocycles. The van der Waals surface area contributed by atoms with Crippen LogP contribution in [0.1, 0.15) is 76.7 Å². The molecule has 0 saturated carbocycles. The van der Waals surface area contributed by atoms with Gasteiger partial charge in [0.05, 0.1) is 0 Å². The van der Waals surface area contributed by atoms with Crippen LogP contribution in [-0.4, -0.2) is 10.1 Å². The number of hydrogen-bond donors (Lipinski definition) is 1. The molecule has 0 fully saturated rings. The second kappa shape index (κ2) is 8.96. The molecular weight excluding hydrogens is 222 g/mol. The van der Waals surface area contributed by atoms with Gasteiger partial charge in [-0.1, -0.05) is 52.4 Å². The van der Waals surface area contributed by atoms with E-state index in [0.717, 1.165) is 5.56 Å². The first kappa shape index (κ1) is 15.0. The third kappa shape index (κ3) is 5.07. The number of unbranched alkanes of at least 4 members (excludes halogenated alkanes) is 4. The SMILES string of the molecule is CCCCCCC(CCCC)c1cnccc1O. The van der Waals surface area contributed by atoms with Gasteiger partial charge in [-0.3, -0.25) is 4.98 Å². The van der Waals surface area contributed by atoms with Gasteiger partial charge < -0.3 is 5.11 Å². The maximum atomic E-state index is 9.94. The Hall–Kier alpha value is -1.05. The van der Waals surface area contributed by atoms with E-state index in [0.29, 0.717) is 11.7 Å². The molecular formula is C16H27NO. The van der Waals surface area contributed by atoms with Crippen LogP contribution in [0.25, 0.3) is 0 Å². The van der Waals surface area contributed by atoms with Gasteiger partial charge in [0.25, 0.3) is 0 Å². The van der Waals surface area contributed by atoms with Crippen LogP contribution >= 0.6 is 0 Å². The fraction of sp³-hybridized carbons (Fsp3) is 0.688. The van der Waals surface area contributed by atoms with E-state index in [1.165, 1.54) is 51.4 Å². The molecule has 1 aromatic rings. The number of pyridine rings is 1. The van der Waals surface area contributed by atoms with Crippen LogP contribution in [-0.2, 0) is 0 Å². The molecule has 0 amide bonds. The molecule has 1 atom stereocenters. The van der Waals surface area contributed by atoms with E-state index < -0.39 is 0 Å². The van der Waals surface area contributed by atoms with Crippen LogP contribution < -0.4 is 0 Å². The quantitative estimate of drug-likeness (QED) is 0.622. The lowest BCUT2D eigenvalue weighted by Gasteiger charge is -2.17. The monoisotopic (exact) mass is 249 g/mol. The highest BCUT2D eigenvalue weighted by molar-refractivity contribution is 5.31. The number of aromatic hydroxyl groups is 1. The van der Waals surface area contributed by atoms with Gasteiger partial charge in [-0.15, -0.1) is 0 Å². The zero-order valence-corrected chi connectivity index (χ0v) is 11.9. The van der Waals surface area contributed by atoms with Crippen molar-refractivity contribution < 1.29 is 5.11 Å². The number of nitrogens with zero attached hydrogens (tertiary/aromatic N) is 1. The van der Waals surface area contributed by atoms with E-state index in [4.69, 9.17) is 0 Å². The van der Waals surface area contributed by atoms with E-state index in [-0.39, 0.29) is 0 Å². The van der Waals surface area contributed by atoms with Crippen LogP contribution in [0.4, 0.5) is 0 Å². The summed E-state index contributed by atoms with van der Waals surface area (Å²) in [6, 6.07) is 1.71. The van der Waals surface area contributed by atoms with Crippen LogP contribution in [0, 0.1) is 0 Å². The average Bonchev–Trinajstić information content (AvgIpc) is 2.39. The van der Waals surface area contributed by atoms with E-state index >= 15 is 0 Å². The summed E-state index contributed by atoms with van der Waals surface area (Å²) in [4.78, 5) is 4.16. The van der Waals surface area contributed by atoms with Crippen molar-refractivity contribution in [3.8, 4) is 5.75 Å². The highest BCUT2D eigenvalue weighted by atomic mass is 16.3. The average molecular weight is 249 g/mol. The first-order chi connectivity index (χ1) is 8.79. The highest BCUT2D eigenvalue weighted by Crippen LogP contribution is 2.32. The topological polar surface area (TPSA) is 33.1 Å².